The summed E-state index contributed by atoms with van der Waals surface area (Å²) in [6.45, 7) is 0. The second-order valence-corrected chi connectivity index (χ2v) is 9.04. The maximum Gasteiger partial charge on any atom is 0.331 e. The minimum Gasteiger partial charge on any atom is -0.493 e. The van der Waals surface area contributed by atoms with Gasteiger partial charge in [-0.1, -0.05) is 54.6 Å². The summed E-state index contributed by atoms with van der Waals surface area (Å²) in [7, 11) is 6.44. The van der Waals surface area contributed by atoms with E-state index in [2.05, 4.69) is 9.88 Å². The summed E-state index contributed by atoms with van der Waals surface area (Å²) in [5.41, 5.74) is 4.84. The van der Waals surface area contributed by atoms with Crippen LogP contribution in [0.3, 0.4) is 0 Å². The molecule has 1 atom stereocenters. The summed E-state index contributed by atoms with van der Waals surface area (Å²) >= 11 is 0. The normalized spacial score (nSPS) is 14.1. The molecule has 3 aromatic carbocycles. The number of hydrogen-bond donors (Lipinski definition) is 1. The molecule has 0 spiro atoms. The van der Waals surface area contributed by atoms with Gasteiger partial charge in [0.15, 0.2) is 11.5 Å². The monoisotopic (exact) mass is 494 g/mol. The van der Waals surface area contributed by atoms with Gasteiger partial charge in [-0.2, -0.15) is 0 Å². The van der Waals surface area contributed by atoms with Crippen molar-refractivity contribution in [1.82, 2.24) is 13.7 Å². The zero-order valence-corrected chi connectivity index (χ0v) is 21.0. The van der Waals surface area contributed by atoms with Crippen LogP contribution in [-0.4, -0.2) is 27.9 Å². The highest BCUT2D eigenvalue weighted by Gasteiger charge is 2.36. The standard InChI is InChI=1S/C29H26N4O4/c1-31-25-22(28(34)32(2)29(31)35)24(17-11-6-5-7-12-17)33-20-15-9-8-14-19(20)30-23(26(25)33)18-13-10-16-21(36-3)27(18)37-4/h5-16,23,30H,1-4H3/t23-/m0/s1. The van der Waals surface area contributed by atoms with Crippen molar-refractivity contribution in [2.75, 3.05) is 19.5 Å². The fourth-order valence-electron chi connectivity index (χ4n) is 5.46. The molecule has 186 valence electrons. The largest absolute Gasteiger partial charge is 0.493 e. The van der Waals surface area contributed by atoms with Crippen LogP contribution >= 0.6 is 0 Å². The predicted molar refractivity (Wildman–Crippen MR) is 144 cm³/mol. The fraction of sp³-hybridized carbons (Fsp3) is 0.172. The third kappa shape index (κ3) is 3.15. The van der Waals surface area contributed by atoms with Gasteiger partial charge < -0.3 is 19.4 Å². The van der Waals surface area contributed by atoms with Gasteiger partial charge >= 0.3 is 5.69 Å². The topological polar surface area (TPSA) is 79.4 Å². The van der Waals surface area contributed by atoms with E-state index in [1.807, 2.05) is 72.8 Å². The van der Waals surface area contributed by atoms with Crippen LogP contribution in [0.5, 0.6) is 11.5 Å². The van der Waals surface area contributed by atoms with Gasteiger partial charge in [0, 0.05) is 19.7 Å². The van der Waals surface area contributed by atoms with Gasteiger partial charge in [-0.15, -0.1) is 0 Å². The number of aromatic nitrogens is 3. The van der Waals surface area contributed by atoms with Gasteiger partial charge in [0.25, 0.3) is 5.56 Å². The first-order valence-electron chi connectivity index (χ1n) is 11.9. The summed E-state index contributed by atoms with van der Waals surface area (Å²) in [4.78, 5) is 27.0. The Kier molecular flexibility index (Phi) is 5.19. The molecule has 0 saturated carbocycles. The number of nitrogens with one attached hydrogen (secondary N) is 1. The molecule has 0 amide bonds. The van der Waals surface area contributed by atoms with Gasteiger partial charge in [0.1, 0.15) is 0 Å². The van der Waals surface area contributed by atoms with E-state index in [0.29, 0.717) is 22.4 Å². The van der Waals surface area contributed by atoms with Crippen molar-refractivity contribution in [3.63, 3.8) is 0 Å². The van der Waals surface area contributed by atoms with Crippen LogP contribution in [0, 0.1) is 0 Å². The van der Waals surface area contributed by atoms with Gasteiger partial charge in [-0.05, 0) is 23.8 Å². The van der Waals surface area contributed by atoms with E-state index in [1.165, 1.54) is 11.6 Å². The molecular formula is C29H26N4O4. The molecule has 3 heterocycles. The fourth-order valence-corrected chi connectivity index (χ4v) is 5.46. The van der Waals surface area contributed by atoms with Crippen molar-refractivity contribution in [3.8, 4) is 28.4 Å². The van der Waals surface area contributed by atoms with E-state index in [0.717, 1.165) is 33.9 Å². The second-order valence-electron chi connectivity index (χ2n) is 9.04. The van der Waals surface area contributed by atoms with Gasteiger partial charge in [0.2, 0.25) is 0 Å². The molecule has 0 bridgehead atoms. The minimum atomic E-state index is -0.447. The lowest BCUT2D eigenvalue weighted by molar-refractivity contribution is 0.351. The molecule has 8 nitrogen and oxygen atoms in total. The lowest BCUT2D eigenvalue weighted by Gasteiger charge is -2.32. The number of hydrogen-bond acceptors (Lipinski definition) is 5. The second kappa shape index (κ2) is 8.44. The molecule has 2 aromatic heterocycles. The Bertz CT molecular complexity index is 1800. The summed E-state index contributed by atoms with van der Waals surface area (Å²) < 4.78 is 16.2. The highest BCUT2D eigenvalue weighted by Crippen LogP contribution is 2.48. The maximum atomic E-state index is 13.8. The maximum absolute atomic E-state index is 13.8. The van der Waals surface area contributed by atoms with Crippen LogP contribution < -0.4 is 26.0 Å². The van der Waals surface area contributed by atoms with Crippen LogP contribution in [0.1, 0.15) is 17.3 Å². The summed E-state index contributed by atoms with van der Waals surface area (Å²) in [6.07, 6.45) is 0. The SMILES string of the molecule is COc1cccc([C@@H]2Nc3ccccc3-n3c(-c4ccccc4)c4c(=O)n(C)c(=O)n(C)c4c32)c1OC. The molecule has 0 fully saturated rings. The molecular weight excluding hydrogens is 468 g/mol. The highest BCUT2D eigenvalue weighted by molar-refractivity contribution is 5.99. The van der Waals surface area contributed by atoms with Gasteiger partial charge in [-0.25, -0.2) is 4.79 Å². The first kappa shape index (κ1) is 22.7. The van der Waals surface area contributed by atoms with Crippen LogP contribution in [-0.2, 0) is 14.1 Å². The predicted octanol–water partition coefficient (Wildman–Crippen LogP) is 4.23. The smallest absolute Gasteiger partial charge is 0.331 e. The van der Waals surface area contributed by atoms with Gasteiger partial charge in [-0.3, -0.25) is 13.9 Å². The average molecular weight is 495 g/mol. The van der Waals surface area contributed by atoms with E-state index in [-0.39, 0.29) is 11.2 Å². The zero-order chi connectivity index (χ0) is 25.8. The summed E-state index contributed by atoms with van der Waals surface area (Å²) in [5, 5.41) is 4.14. The number of ether oxygens (including phenoxy) is 2. The highest BCUT2D eigenvalue weighted by atomic mass is 16.5. The molecule has 6 rings (SSSR count). The number of aryl methyl sites for hydroxylation is 1. The van der Waals surface area contributed by atoms with E-state index in [4.69, 9.17) is 9.47 Å². The number of fused-ring (bicyclic) bond motifs is 5. The Morgan fingerprint density at radius 3 is 2.27 bits per heavy atom. The lowest BCUT2D eigenvalue weighted by atomic mass is 9.98. The van der Waals surface area contributed by atoms with E-state index in [9.17, 15) is 9.59 Å². The molecule has 1 aliphatic heterocycles. The Labute approximate surface area is 212 Å². The molecule has 0 unspecified atom stereocenters. The Morgan fingerprint density at radius 2 is 1.54 bits per heavy atom. The molecule has 37 heavy (non-hydrogen) atoms. The van der Waals surface area contributed by atoms with Crippen molar-refractivity contribution in [1.29, 1.82) is 0 Å². The van der Waals surface area contributed by atoms with Crippen LogP contribution in [0.2, 0.25) is 0 Å². The van der Waals surface area contributed by atoms with Crippen molar-refractivity contribution in [3.05, 3.63) is 105 Å². The number of benzene rings is 3. The molecule has 0 aliphatic carbocycles. The summed E-state index contributed by atoms with van der Waals surface area (Å²) in [6, 6.07) is 23.0. The Morgan fingerprint density at radius 1 is 0.811 bits per heavy atom. The Hall–Kier alpha value is -4.72. The van der Waals surface area contributed by atoms with Crippen LogP contribution in [0.15, 0.2) is 82.4 Å². The summed E-state index contributed by atoms with van der Waals surface area (Å²) in [5.74, 6) is 1.18. The minimum absolute atomic E-state index is 0.340. The van der Waals surface area contributed by atoms with Crippen molar-refractivity contribution >= 4 is 16.6 Å². The molecule has 0 radical (unpaired) electrons. The van der Waals surface area contributed by atoms with Crippen molar-refractivity contribution in [2.24, 2.45) is 14.1 Å². The molecule has 1 aliphatic rings. The third-order valence-electron chi connectivity index (χ3n) is 7.12. The quantitative estimate of drug-likeness (QED) is 0.405. The van der Waals surface area contributed by atoms with Crippen LogP contribution in [0.25, 0.3) is 27.8 Å². The molecule has 1 N–H and O–H groups in total. The lowest BCUT2D eigenvalue weighted by Crippen LogP contribution is -2.37. The van der Waals surface area contributed by atoms with E-state index in [1.54, 1.807) is 25.8 Å². The molecule has 0 saturated heterocycles. The van der Waals surface area contributed by atoms with E-state index >= 15 is 0 Å². The first-order valence-corrected chi connectivity index (χ1v) is 11.9. The van der Waals surface area contributed by atoms with Crippen molar-refractivity contribution in [2.45, 2.75) is 6.04 Å². The van der Waals surface area contributed by atoms with E-state index < -0.39 is 6.04 Å². The Balaban J connectivity index is 1.86. The molecule has 8 heteroatoms. The van der Waals surface area contributed by atoms with Crippen LogP contribution in [0.4, 0.5) is 5.69 Å². The zero-order valence-electron chi connectivity index (χ0n) is 21.0. The third-order valence-corrected chi connectivity index (χ3v) is 7.12. The number of anilines is 1. The first-order chi connectivity index (χ1) is 18.0. The van der Waals surface area contributed by atoms with Crippen molar-refractivity contribution < 1.29 is 9.47 Å². The number of para-hydroxylation sites is 3. The van der Waals surface area contributed by atoms with Gasteiger partial charge in [0.05, 0.1) is 53.9 Å². The molecule has 5 aromatic rings. The number of methoxy groups -OCH3 is 2. The average Bonchev–Trinajstić information content (AvgIpc) is 3.31. The number of rotatable bonds is 4. The number of nitrogens with zero attached hydrogens (tertiary/aromatic N) is 3.